The number of phenols is 1. The Morgan fingerprint density at radius 3 is 1.81 bits per heavy atom. The van der Waals surface area contributed by atoms with E-state index in [-0.39, 0.29) is 32.2 Å². The van der Waals surface area contributed by atoms with E-state index in [0.717, 1.165) is 44.8 Å². The first-order chi connectivity index (χ1) is 22.8. The number of hydrogen-bond donors (Lipinski definition) is 1. The molecule has 0 saturated carbocycles. The first-order valence-electron chi connectivity index (χ1n) is 15.9. The number of hydrogen-bond acceptors (Lipinski definition) is 3. The Kier molecular flexibility index (Phi) is 9.53. The SMILES string of the molecule is CC(C)(C)c1ccnc(-c2[c-]c(-c3cc(-c4ccccc4-c4cccc(-c5ccccc5)c4)cc(-c4ccccc4O)n3)ccc2)c1.[Pt]. The van der Waals surface area contributed by atoms with Crippen molar-refractivity contribution in [1.29, 1.82) is 0 Å². The molecule has 238 valence electrons. The Labute approximate surface area is 297 Å². The summed E-state index contributed by atoms with van der Waals surface area (Å²) in [4.78, 5) is 9.79. The molecule has 2 aromatic heterocycles. The molecule has 0 aliphatic carbocycles. The van der Waals surface area contributed by atoms with E-state index in [0.29, 0.717) is 11.3 Å². The van der Waals surface area contributed by atoms with Gasteiger partial charge in [-0.25, -0.2) is 0 Å². The summed E-state index contributed by atoms with van der Waals surface area (Å²) in [6, 6.07) is 53.1. The van der Waals surface area contributed by atoms with E-state index >= 15 is 0 Å². The van der Waals surface area contributed by atoms with Crippen LogP contribution in [0.4, 0.5) is 0 Å². The second-order valence-electron chi connectivity index (χ2n) is 12.8. The molecular formula is C44H35N2OPt-. The van der Waals surface area contributed by atoms with Gasteiger partial charge < -0.3 is 5.11 Å². The fourth-order valence-electron chi connectivity index (χ4n) is 5.95. The first-order valence-corrected chi connectivity index (χ1v) is 15.9. The summed E-state index contributed by atoms with van der Waals surface area (Å²) >= 11 is 0. The van der Waals surface area contributed by atoms with Crippen LogP contribution in [0.5, 0.6) is 5.75 Å². The van der Waals surface area contributed by atoms with Crippen molar-refractivity contribution >= 4 is 0 Å². The number of pyridine rings is 2. The average Bonchev–Trinajstić information content (AvgIpc) is 3.12. The summed E-state index contributed by atoms with van der Waals surface area (Å²) in [5, 5.41) is 10.9. The summed E-state index contributed by atoms with van der Waals surface area (Å²) in [5.74, 6) is 0.188. The topological polar surface area (TPSA) is 46.0 Å². The molecule has 7 aromatic rings. The molecule has 7 rings (SSSR count). The van der Waals surface area contributed by atoms with Crippen LogP contribution in [-0.2, 0) is 26.5 Å². The number of aromatic nitrogens is 2. The van der Waals surface area contributed by atoms with E-state index < -0.39 is 0 Å². The summed E-state index contributed by atoms with van der Waals surface area (Å²) in [7, 11) is 0. The van der Waals surface area contributed by atoms with Crippen LogP contribution in [-0.4, -0.2) is 15.1 Å². The van der Waals surface area contributed by atoms with Gasteiger partial charge in [0.05, 0.1) is 5.69 Å². The Bertz CT molecular complexity index is 2200. The van der Waals surface area contributed by atoms with Gasteiger partial charge in [-0.2, -0.15) is 0 Å². The van der Waals surface area contributed by atoms with Crippen molar-refractivity contribution in [2.45, 2.75) is 26.2 Å². The number of nitrogens with zero attached hydrogens (tertiary/aromatic N) is 2. The molecule has 0 saturated heterocycles. The van der Waals surface area contributed by atoms with Crippen molar-refractivity contribution in [2.75, 3.05) is 0 Å². The fraction of sp³-hybridized carbons (Fsp3) is 0.0909. The Hall–Kier alpha value is -5.11. The van der Waals surface area contributed by atoms with Gasteiger partial charge in [-0.1, -0.05) is 129 Å². The van der Waals surface area contributed by atoms with Crippen molar-refractivity contribution < 1.29 is 26.2 Å². The second kappa shape index (κ2) is 13.9. The number of aromatic hydroxyl groups is 1. The molecule has 0 radical (unpaired) electrons. The minimum Gasteiger partial charge on any atom is -0.507 e. The van der Waals surface area contributed by atoms with Crippen molar-refractivity contribution in [2.24, 2.45) is 0 Å². The van der Waals surface area contributed by atoms with Crippen LogP contribution in [0, 0.1) is 6.07 Å². The fourth-order valence-corrected chi connectivity index (χ4v) is 5.95. The molecule has 0 aliphatic heterocycles. The largest absolute Gasteiger partial charge is 0.507 e. The summed E-state index contributed by atoms with van der Waals surface area (Å²) in [6.45, 7) is 6.62. The van der Waals surface area contributed by atoms with Crippen LogP contribution in [0.15, 0.2) is 152 Å². The molecule has 2 heterocycles. The van der Waals surface area contributed by atoms with Crippen LogP contribution in [0.3, 0.4) is 0 Å². The van der Waals surface area contributed by atoms with Gasteiger partial charge in [0.15, 0.2) is 0 Å². The van der Waals surface area contributed by atoms with Crippen molar-refractivity contribution in [3.8, 4) is 72.9 Å². The molecule has 0 bridgehead atoms. The van der Waals surface area contributed by atoms with Crippen LogP contribution < -0.4 is 0 Å². The molecule has 3 nitrogen and oxygen atoms in total. The molecule has 1 N–H and O–H groups in total. The van der Waals surface area contributed by atoms with Gasteiger partial charge in [-0.3, -0.25) is 9.97 Å². The summed E-state index contributed by atoms with van der Waals surface area (Å²) < 4.78 is 0. The molecule has 0 aliphatic rings. The predicted molar refractivity (Wildman–Crippen MR) is 194 cm³/mol. The van der Waals surface area contributed by atoms with E-state index in [1.807, 2.05) is 48.7 Å². The predicted octanol–water partition coefficient (Wildman–Crippen LogP) is 11.3. The molecule has 0 amide bonds. The van der Waals surface area contributed by atoms with E-state index in [1.54, 1.807) is 6.07 Å². The van der Waals surface area contributed by atoms with Crippen molar-refractivity contribution in [3.05, 3.63) is 163 Å². The molecule has 0 unspecified atom stereocenters. The van der Waals surface area contributed by atoms with Gasteiger partial charge in [0.25, 0.3) is 0 Å². The normalized spacial score (nSPS) is 11.1. The third-order valence-corrected chi connectivity index (χ3v) is 8.50. The summed E-state index contributed by atoms with van der Waals surface area (Å²) in [5.41, 5.74) is 12.7. The van der Waals surface area contributed by atoms with Crippen LogP contribution in [0.1, 0.15) is 26.3 Å². The standard InChI is InChI=1S/C44H35N2O.Pt/c1-44(2,3)36-23-24-45-40(29-36)33-17-12-18-34(26-33)41-27-35(28-42(46-41)39-21-9-10-22-43(39)47)38-20-8-7-19-37(38)32-16-11-15-31(25-32)30-13-5-4-6-14-30;/h4-25,27-29,47H,1-3H3;/q-1;. The Morgan fingerprint density at radius 2 is 1.08 bits per heavy atom. The zero-order valence-electron chi connectivity index (χ0n) is 27.1. The van der Waals surface area contributed by atoms with E-state index in [2.05, 4.69) is 129 Å². The van der Waals surface area contributed by atoms with Gasteiger partial charge in [0, 0.05) is 44.2 Å². The van der Waals surface area contributed by atoms with E-state index in [9.17, 15) is 5.11 Å². The van der Waals surface area contributed by atoms with Crippen LogP contribution in [0.25, 0.3) is 67.2 Å². The molecule has 4 heteroatoms. The van der Waals surface area contributed by atoms with Gasteiger partial charge >= 0.3 is 0 Å². The van der Waals surface area contributed by atoms with Gasteiger partial charge in [0.2, 0.25) is 0 Å². The minimum absolute atomic E-state index is 0. The maximum absolute atomic E-state index is 10.9. The molecular weight excluding hydrogens is 768 g/mol. The third-order valence-electron chi connectivity index (χ3n) is 8.50. The van der Waals surface area contributed by atoms with Gasteiger partial charge in [0.1, 0.15) is 5.75 Å². The zero-order valence-corrected chi connectivity index (χ0v) is 29.4. The van der Waals surface area contributed by atoms with Crippen LogP contribution in [0.2, 0.25) is 0 Å². The van der Waals surface area contributed by atoms with E-state index in [4.69, 9.17) is 4.98 Å². The van der Waals surface area contributed by atoms with Crippen molar-refractivity contribution in [3.63, 3.8) is 0 Å². The number of rotatable bonds is 6. The average molecular weight is 803 g/mol. The summed E-state index contributed by atoms with van der Waals surface area (Å²) in [6.07, 6.45) is 1.87. The Morgan fingerprint density at radius 1 is 0.500 bits per heavy atom. The van der Waals surface area contributed by atoms with Gasteiger partial charge in [-0.15, -0.1) is 24.3 Å². The van der Waals surface area contributed by atoms with Gasteiger partial charge in [-0.05, 0) is 74.7 Å². The van der Waals surface area contributed by atoms with E-state index in [1.165, 1.54) is 16.7 Å². The first kappa shape index (κ1) is 32.8. The maximum atomic E-state index is 10.9. The third kappa shape index (κ3) is 6.93. The van der Waals surface area contributed by atoms with Crippen molar-refractivity contribution in [1.82, 2.24) is 9.97 Å². The smallest absolute Gasteiger partial charge is 0.124 e. The zero-order chi connectivity index (χ0) is 32.4. The quantitative estimate of drug-likeness (QED) is 0.170. The minimum atomic E-state index is 0. The molecule has 0 spiro atoms. The molecule has 48 heavy (non-hydrogen) atoms. The Balaban J connectivity index is 0.00000401. The van der Waals surface area contributed by atoms with Crippen LogP contribution >= 0.6 is 0 Å². The number of benzene rings is 5. The molecule has 0 atom stereocenters. The molecule has 0 fully saturated rings. The number of phenolic OH excluding ortho intramolecular Hbond substituents is 1. The monoisotopic (exact) mass is 802 g/mol. The maximum Gasteiger partial charge on any atom is 0.124 e. The molecule has 5 aromatic carbocycles. The second-order valence-corrected chi connectivity index (χ2v) is 12.8. The number of para-hydroxylation sites is 1.